The van der Waals surface area contributed by atoms with Crippen LogP contribution in [0.1, 0.15) is 20.8 Å². The van der Waals surface area contributed by atoms with Crippen molar-refractivity contribution < 1.29 is 14.3 Å². The average Bonchev–Trinajstić information content (AvgIpc) is 2.37. The quantitative estimate of drug-likeness (QED) is 0.788. The molecule has 1 aliphatic rings. The molecule has 0 aliphatic carbocycles. The van der Waals surface area contributed by atoms with Gasteiger partial charge in [0.25, 0.3) is 0 Å². The molecule has 0 saturated carbocycles. The smallest absolute Gasteiger partial charge is 0.409 e. The Morgan fingerprint density at radius 2 is 1.67 bits per heavy atom. The van der Waals surface area contributed by atoms with E-state index in [9.17, 15) is 9.59 Å². The summed E-state index contributed by atoms with van der Waals surface area (Å²) in [7, 11) is 0. The highest BCUT2D eigenvalue weighted by Gasteiger charge is 2.28. The molecular weight excluding hydrogens is 252 g/mol. The van der Waals surface area contributed by atoms with Crippen LogP contribution in [0.15, 0.2) is 0 Å². The standard InChI is InChI=1S/C12H22N2O3S/c1-4-17-12(16)14-7-5-13(6-8-14)11(15)10(18)9(2)3/h9-10,18H,4-8H2,1-3H3. The second kappa shape index (κ2) is 6.87. The summed E-state index contributed by atoms with van der Waals surface area (Å²) in [5.74, 6) is 0.265. The normalized spacial score (nSPS) is 17.8. The minimum Gasteiger partial charge on any atom is -0.450 e. The van der Waals surface area contributed by atoms with Gasteiger partial charge in [0.1, 0.15) is 0 Å². The van der Waals surface area contributed by atoms with Gasteiger partial charge in [-0.25, -0.2) is 4.79 Å². The molecule has 1 heterocycles. The first kappa shape index (κ1) is 15.1. The third-order valence-electron chi connectivity index (χ3n) is 3.00. The van der Waals surface area contributed by atoms with Crippen LogP contribution < -0.4 is 0 Å². The third-order valence-corrected chi connectivity index (χ3v) is 3.82. The summed E-state index contributed by atoms with van der Waals surface area (Å²) < 4.78 is 4.93. The maximum atomic E-state index is 12.1. The topological polar surface area (TPSA) is 49.9 Å². The van der Waals surface area contributed by atoms with Crippen molar-refractivity contribution in [2.24, 2.45) is 5.92 Å². The minimum atomic E-state index is -0.295. The van der Waals surface area contributed by atoms with Crippen LogP contribution in [0.2, 0.25) is 0 Å². The lowest BCUT2D eigenvalue weighted by atomic mass is 10.1. The van der Waals surface area contributed by atoms with E-state index in [0.29, 0.717) is 32.8 Å². The number of amides is 2. The van der Waals surface area contributed by atoms with Crippen LogP contribution >= 0.6 is 12.6 Å². The minimum absolute atomic E-state index is 0.0526. The Labute approximate surface area is 114 Å². The van der Waals surface area contributed by atoms with Gasteiger partial charge in [-0.05, 0) is 12.8 Å². The summed E-state index contributed by atoms with van der Waals surface area (Å²) in [6, 6.07) is 0. The molecule has 5 nitrogen and oxygen atoms in total. The fourth-order valence-corrected chi connectivity index (χ4v) is 1.96. The van der Waals surface area contributed by atoms with Crippen LogP contribution in [-0.4, -0.2) is 59.8 Å². The average molecular weight is 274 g/mol. The van der Waals surface area contributed by atoms with Gasteiger partial charge in [0.2, 0.25) is 5.91 Å². The van der Waals surface area contributed by atoms with Crippen LogP contribution in [0.5, 0.6) is 0 Å². The van der Waals surface area contributed by atoms with Crippen molar-refractivity contribution in [2.45, 2.75) is 26.0 Å². The Hall–Kier alpha value is -0.910. The molecule has 104 valence electrons. The van der Waals surface area contributed by atoms with Crippen LogP contribution in [0.3, 0.4) is 0 Å². The van der Waals surface area contributed by atoms with Crippen molar-refractivity contribution in [1.29, 1.82) is 0 Å². The Balaban J connectivity index is 2.44. The van der Waals surface area contributed by atoms with E-state index >= 15 is 0 Å². The summed E-state index contributed by atoms with van der Waals surface area (Å²) in [6.07, 6.45) is -0.295. The van der Waals surface area contributed by atoms with E-state index in [0.717, 1.165) is 0 Å². The van der Waals surface area contributed by atoms with Gasteiger partial charge in [-0.1, -0.05) is 13.8 Å². The lowest BCUT2D eigenvalue weighted by Gasteiger charge is -2.35. The molecule has 1 unspecified atom stereocenters. The Morgan fingerprint density at radius 1 is 1.17 bits per heavy atom. The molecule has 0 N–H and O–H groups in total. The van der Waals surface area contributed by atoms with E-state index in [-0.39, 0.29) is 23.2 Å². The number of piperazine rings is 1. The van der Waals surface area contributed by atoms with Gasteiger partial charge in [-0.2, -0.15) is 12.6 Å². The molecule has 1 saturated heterocycles. The molecule has 1 aliphatic heterocycles. The van der Waals surface area contributed by atoms with Gasteiger partial charge in [0, 0.05) is 26.2 Å². The number of rotatable bonds is 3. The van der Waals surface area contributed by atoms with Gasteiger partial charge >= 0.3 is 6.09 Å². The largest absolute Gasteiger partial charge is 0.450 e. The number of carbonyl (C=O) groups is 2. The van der Waals surface area contributed by atoms with Crippen LogP contribution in [-0.2, 0) is 9.53 Å². The molecule has 18 heavy (non-hydrogen) atoms. The van der Waals surface area contributed by atoms with Crippen LogP contribution in [0.4, 0.5) is 4.79 Å². The molecule has 0 aromatic rings. The molecule has 2 amide bonds. The highest BCUT2D eigenvalue weighted by Crippen LogP contribution is 2.14. The van der Waals surface area contributed by atoms with Crippen molar-refractivity contribution in [3.05, 3.63) is 0 Å². The summed E-state index contributed by atoms with van der Waals surface area (Å²) >= 11 is 4.33. The van der Waals surface area contributed by atoms with Crippen LogP contribution in [0, 0.1) is 5.92 Å². The van der Waals surface area contributed by atoms with E-state index in [2.05, 4.69) is 12.6 Å². The predicted octanol–water partition coefficient (Wildman–Crippen LogP) is 1.24. The monoisotopic (exact) mass is 274 g/mol. The van der Waals surface area contributed by atoms with Crippen LogP contribution in [0.25, 0.3) is 0 Å². The van der Waals surface area contributed by atoms with Gasteiger partial charge in [-0.3, -0.25) is 4.79 Å². The summed E-state index contributed by atoms with van der Waals surface area (Å²) in [6.45, 7) is 8.29. The third kappa shape index (κ3) is 3.80. The van der Waals surface area contributed by atoms with Crippen molar-refractivity contribution in [1.82, 2.24) is 9.80 Å². The molecule has 1 rings (SSSR count). The second-order valence-electron chi connectivity index (χ2n) is 4.70. The summed E-state index contributed by atoms with van der Waals surface area (Å²) in [5.41, 5.74) is 0. The number of hydrogen-bond acceptors (Lipinski definition) is 4. The fourth-order valence-electron chi connectivity index (χ4n) is 1.80. The number of ether oxygens (including phenoxy) is 1. The molecule has 6 heteroatoms. The molecule has 1 fully saturated rings. The zero-order valence-electron chi connectivity index (χ0n) is 11.3. The first-order valence-electron chi connectivity index (χ1n) is 6.36. The first-order chi connectivity index (χ1) is 8.47. The van der Waals surface area contributed by atoms with E-state index in [1.807, 2.05) is 13.8 Å². The molecular formula is C12H22N2O3S. The Kier molecular flexibility index (Phi) is 5.78. The predicted molar refractivity (Wildman–Crippen MR) is 72.8 cm³/mol. The number of thiol groups is 1. The molecule has 0 bridgehead atoms. The van der Waals surface area contributed by atoms with Crippen molar-refractivity contribution >= 4 is 24.6 Å². The maximum Gasteiger partial charge on any atom is 0.409 e. The van der Waals surface area contributed by atoms with Gasteiger partial charge in [-0.15, -0.1) is 0 Å². The summed E-state index contributed by atoms with van der Waals surface area (Å²) in [5, 5.41) is -0.265. The van der Waals surface area contributed by atoms with E-state index in [4.69, 9.17) is 4.74 Å². The first-order valence-corrected chi connectivity index (χ1v) is 6.87. The zero-order chi connectivity index (χ0) is 13.7. The number of carbonyl (C=O) groups excluding carboxylic acids is 2. The zero-order valence-corrected chi connectivity index (χ0v) is 12.2. The highest BCUT2D eigenvalue weighted by atomic mass is 32.1. The fraction of sp³-hybridized carbons (Fsp3) is 0.833. The molecule has 0 radical (unpaired) electrons. The maximum absolute atomic E-state index is 12.1. The number of hydrogen-bond donors (Lipinski definition) is 1. The lowest BCUT2D eigenvalue weighted by Crippen LogP contribution is -2.52. The molecule has 0 aromatic heterocycles. The van der Waals surface area contributed by atoms with Crippen molar-refractivity contribution in [3.63, 3.8) is 0 Å². The summed E-state index contributed by atoms with van der Waals surface area (Å²) in [4.78, 5) is 27.0. The molecule has 0 aromatic carbocycles. The SMILES string of the molecule is CCOC(=O)N1CCN(C(=O)C(S)C(C)C)CC1. The molecule has 1 atom stereocenters. The van der Waals surface area contributed by atoms with E-state index in [1.165, 1.54) is 0 Å². The van der Waals surface area contributed by atoms with E-state index < -0.39 is 0 Å². The Bertz CT molecular complexity index is 302. The second-order valence-corrected chi connectivity index (χ2v) is 5.26. The lowest BCUT2D eigenvalue weighted by molar-refractivity contribution is -0.132. The van der Waals surface area contributed by atoms with E-state index in [1.54, 1.807) is 16.7 Å². The molecule has 0 spiro atoms. The van der Waals surface area contributed by atoms with Crippen molar-refractivity contribution in [2.75, 3.05) is 32.8 Å². The van der Waals surface area contributed by atoms with Gasteiger partial charge < -0.3 is 14.5 Å². The number of nitrogens with zero attached hydrogens (tertiary/aromatic N) is 2. The van der Waals surface area contributed by atoms with Gasteiger partial charge in [0.15, 0.2) is 0 Å². The highest BCUT2D eigenvalue weighted by molar-refractivity contribution is 7.81. The van der Waals surface area contributed by atoms with Crippen molar-refractivity contribution in [3.8, 4) is 0 Å². The van der Waals surface area contributed by atoms with Gasteiger partial charge in [0.05, 0.1) is 11.9 Å². The Morgan fingerprint density at radius 3 is 2.11 bits per heavy atom.